The summed E-state index contributed by atoms with van der Waals surface area (Å²) in [5.74, 6) is 1.65. The molecular weight excluding hydrogens is 230 g/mol. The molecule has 2 heterocycles. The Balaban J connectivity index is 1.86. The van der Waals surface area contributed by atoms with Crippen molar-refractivity contribution in [3.63, 3.8) is 0 Å². The van der Waals surface area contributed by atoms with Gasteiger partial charge >= 0.3 is 0 Å². The fraction of sp³-hybridized carbons (Fsp3) is 0.429. The van der Waals surface area contributed by atoms with Crippen LogP contribution in [0.2, 0.25) is 0 Å². The summed E-state index contributed by atoms with van der Waals surface area (Å²) in [6.45, 7) is 5.46. The van der Waals surface area contributed by atoms with Crippen LogP contribution in [-0.4, -0.2) is 6.54 Å². The van der Waals surface area contributed by atoms with Gasteiger partial charge in [-0.25, -0.2) is 0 Å². The Kier molecular flexibility index (Phi) is 4.40. The zero-order valence-electron chi connectivity index (χ0n) is 10.3. The molecule has 0 aliphatic carbocycles. The molecule has 0 radical (unpaired) electrons. The molecule has 0 aromatic carbocycles. The molecule has 1 atom stereocenters. The Bertz CT molecular complexity index is 405. The lowest BCUT2D eigenvalue weighted by Crippen LogP contribution is -2.26. The standard InChI is InChI=1S/C14H19NOS/c1-11(2)14(13-6-4-10-17-13)15-8-7-12-5-3-9-16-12/h3-6,9-11,14-15H,7-8H2,1-2H3. The average molecular weight is 249 g/mol. The largest absolute Gasteiger partial charge is 0.469 e. The summed E-state index contributed by atoms with van der Waals surface area (Å²) in [4.78, 5) is 1.42. The minimum absolute atomic E-state index is 0.449. The molecule has 0 fully saturated rings. The van der Waals surface area contributed by atoms with Gasteiger partial charge < -0.3 is 9.73 Å². The SMILES string of the molecule is CC(C)C(NCCc1ccco1)c1cccs1. The van der Waals surface area contributed by atoms with Crippen LogP contribution in [0.3, 0.4) is 0 Å². The molecule has 0 aliphatic heterocycles. The van der Waals surface area contributed by atoms with Gasteiger partial charge in [-0.3, -0.25) is 0 Å². The monoisotopic (exact) mass is 249 g/mol. The van der Waals surface area contributed by atoms with Crippen molar-refractivity contribution in [3.05, 3.63) is 46.5 Å². The molecule has 0 spiro atoms. The Labute approximate surface area is 107 Å². The second kappa shape index (κ2) is 6.03. The van der Waals surface area contributed by atoms with Crippen LogP contribution in [0.5, 0.6) is 0 Å². The van der Waals surface area contributed by atoms with Gasteiger partial charge in [-0.2, -0.15) is 0 Å². The predicted octanol–water partition coefficient (Wildman–Crippen LogP) is 3.87. The van der Waals surface area contributed by atoms with Gasteiger partial charge in [-0.15, -0.1) is 11.3 Å². The van der Waals surface area contributed by atoms with Crippen molar-refractivity contribution in [2.75, 3.05) is 6.54 Å². The van der Waals surface area contributed by atoms with Crippen LogP contribution in [0.25, 0.3) is 0 Å². The summed E-state index contributed by atoms with van der Waals surface area (Å²) >= 11 is 1.82. The van der Waals surface area contributed by atoms with Crippen LogP contribution < -0.4 is 5.32 Å². The maximum absolute atomic E-state index is 5.33. The number of nitrogens with one attached hydrogen (secondary N) is 1. The van der Waals surface area contributed by atoms with Crippen molar-refractivity contribution in [1.29, 1.82) is 0 Å². The van der Waals surface area contributed by atoms with Crippen molar-refractivity contribution >= 4 is 11.3 Å². The number of furan rings is 1. The normalized spacial score (nSPS) is 13.1. The van der Waals surface area contributed by atoms with Gasteiger partial charge in [0.2, 0.25) is 0 Å². The quantitative estimate of drug-likeness (QED) is 0.840. The molecule has 0 amide bonds. The van der Waals surface area contributed by atoms with Crippen LogP contribution in [0.15, 0.2) is 40.3 Å². The first kappa shape index (κ1) is 12.4. The first-order valence-corrected chi connectivity index (χ1v) is 6.94. The molecule has 0 bridgehead atoms. The minimum Gasteiger partial charge on any atom is -0.469 e. The second-order valence-electron chi connectivity index (χ2n) is 4.52. The molecule has 2 aromatic rings. The lowest BCUT2D eigenvalue weighted by molar-refractivity contribution is 0.409. The lowest BCUT2D eigenvalue weighted by Gasteiger charge is -2.21. The fourth-order valence-corrected chi connectivity index (χ4v) is 2.91. The first-order valence-electron chi connectivity index (χ1n) is 6.06. The highest BCUT2D eigenvalue weighted by molar-refractivity contribution is 7.10. The summed E-state index contributed by atoms with van der Waals surface area (Å²) in [6, 6.07) is 8.73. The fourth-order valence-electron chi connectivity index (χ4n) is 1.94. The molecule has 0 aliphatic rings. The van der Waals surface area contributed by atoms with Crippen LogP contribution in [-0.2, 0) is 6.42 Å². The van der Waals surface area contributed by atoms with E-state index in [0.29, 0.717) is 12.0 Å². The van der Waals surface area contributed by atoms with Gasteiger partial charge in [0.05, 0.1) is 6.26 Å². The van der Waals surface area contributed by atoms with Crippen molar-refractivity contribution < 1.29 is 4.42 Å². The van der Waals surface area contributed by atoms with Gasteiger partial charge in [0.15, 0.2) is 0 Å². The van der Waals surface area contributed by atoms with E-state index in [9.17, 15) is 0 Å². The third kappa shape index (κ3) is 3.45. The number of thiophene rings is 1. The molecule has 2 aromatic heterocycles. The van der Waals surface area contributed by atoms with E-state index in [1.807, 2.05) is 23.5 Å². The molecule has 3 heteroatoms. The molecule has 92 valence electrons. The Hall–Kier alpha value is -1.06. The van der Waals surface area contributed by atoms with Crippen LogP contribution >= 0.6 is 11.3 Å². The van der Waals surface area contributed by atoms with Gasteiger partial charge in [0.25, 0.3) is 0 Å². The van der Waals surface area contributed by atoms with E-state index in [4.69, 9.17) is 4.42 Å². The summed E-state index contributed by atoms with van der Waals surface area (Å²) < 4.78 is 5.33. The van der Waals surface area contributed by atoms with Crippen molar-refractivity contribution in [2.45, 2.75) is 26.3 Å². The highest BCUT2D eigenvalue weighted by Crippen LogP contribution is 2.25. The van der Waals surface area contributed by atoms with E-state index >= 15 is 0 Å². The summed E-state index contributed by atoms with van der Waals surface area (Å²) in [7, 11) is 0. The number of rotatable bonds is 6. The molecule has 2 rings (SSSR count). The molecule has 0 saturated heterocycles. The summed E-state index contributed by atoms with van der Waals surface area (Å²) in [6.07, 6.45) is 2.68. The first-order chi connectivity index (χ1) is 8.27. The highest BCUT2D eigenvalue weighted by Gasteiger charge is 2.15. The Morgan fingerprint density at radius 1 is 1.29 bits per heavy atom. The third-order valence-corrected chi connectivity index (χ3v) is 3.79. The Morgan fingerprint density at radius 3 is 2.76 bits per heavy atom. The molecule has 1 N–H and O–H groups in total. The van der Waals surface area contributed by atoms with Crippen LogP contribution in [0.4, 0.5) is 0 Å². The summed E-state index contributed by atoms with van der Waals surface area (Å²) in [5, 5.41) is 5.75. The third-order valence-electron chi connectivity index (χ3n) is 2.83. The second-order valence-corrected chi connectivity index (χ2v) is 5.50. The van der Waals surface area contributed by atoms with Crippen molar-refractivity contribution in [1.82, 2.24) is 5.32 Å². The topological polar surface area (TPSA) is 25.2 Å². The highest BCUT2D eigenvalue weighted by atomic mass is 32.1. The zero-order chi connectivity index (χ0) is 12.1. The van der Waals surface area contributed by atoms with E-state index in [1.54, 1.807) is 6.26 Å². The molecule has 1 unspecified atom stereocenters. The van der Waals surface area contributed by atoms with Gasteiger partial charge in [0.1, 0.15) is 5.76 Å². The van der Waals surface area contributed by atoms with E-state index in [0.717, 1.165) is 18.7 Å². The lowest BCUT2D eigenvalue weighted by atomic mass is 10.0. The summed E-state index contributed by atoms with van der Waals surface area (Å²) in [5.41, 5.74) is 0. The van der Waals surface area contributed by atoms with Crippen LogP contribution in [0.1, 0.15) is 30.5 Å². The predicted molar refractivity (Wildman–Crippen MR) is 72.3 cm³/mol. The smallest absolute Gasteiger partial charge is 0.105 e. The van der Waals surface area contributed by atoms with E-state index < -0.39 is 0 Å². The maximum Gasteiger partial charge on any atom is 0.105 e. The van der Waals surface area contributed by atoms with Crippen molar-refractivity contribution in [3.8, 4) is 0 Å². The molecule has 0 saturated carbocycles. The average Bonchev–Trinajstić information content (AvgIpc) is 2.96. The Morgan fingerprint density at radius 2 is 2.18 bits per heavy atom. The molecule has 17 heavy (non-hydrogen) atoms. The van der Waals surface area contributed by atoms with E-state index in [1.165, 1.54) is 4.88 Å². The zero-order valence-corrected chi connectivity index (χ0v) is 11.2. The maximum atomic E-state index is 5.33. The molecular formula is C14H19NOS. The van der Waals surface area contributed by atoms with Gasteiger partial charge in [0, 0.05) is 23.9 Å². The van der Waals surface area contributed by atoms with Gasteiger partial charge in [-0.1, -0.05) is 19.9 Å². The molecule has 2 nitrogen and oxygen atoms in total. The van der Waals surface area contributed by atoms with Crippen molar-refractivity contribution in [2.24, 2.45) is 5.92 Å². The van der Waals surface area contributed by atoms with Gasteiger partial charge in [-0.05, 0) is 29.5 Å². The van der Waals surface area contributed by atoms with E-state index in [2.05, 4.69) is 36.7 Å². The van der Waals surface area contributed by atoms with E-state index in [-0.39, 0.29) is 0 Å². The minimum atomic E-state index is 0.449. The van der Waals surface area contributed by atoms with Crippen LogP contribution in [0, 0.1) is 5.92 Å². The number of hydrogen-bond donors (Lipinski definition) is 1. The number of hydrogen-bond acceptors (Lipinski definition) is 3.